The number of ether oxygens (including phenoxy) is 1. The SMILES string of the molecule is Cc1cc(C)cc(-n2ccnc2SCC(=O)NCC2CCCO2)c1. The fourth-order valence-electron chi connectivity index (χ4n) is 2.90. The summed E-state index contributed by atoms with van der Waals surface area (Å²) in [5.41, 5.74) is 3.50. The molecule has 1 atom stereocenters. The second-order valence-corrected chi connectivity index (χ2v) is 7.10. The first-order valence-electron chi connectivity index (χ1n) is 8.25. The van der Waals surface area contributed by atoms with Crippen LogP contribution in [0.25, 0.3) is 5.69 Å². The van der Waals surface area contributed by atoms with Crippen molar-refractivity contribution in [2.24, 2.45) is 0 Å². The van der Waals surface area contributed by atoms with E-state index in [1.54, 1.807) is 6.20 Å². The summed E-state index contributed by atoms with van der Waals surface area (Å²) in [4.78, 5) is 16.4. The highest BCUT2D eigenvalue weighted by Gasteiger charge is 2.16. The predicted octanol–water partition coefficient (Wildman–Crippen LogP) is 2.88. The Bertz CT molecular complexity index is 688. The molecule has 2 heterocycles. The topological polar surface area (TPSA) is 56.2 Å². The van der Waals surface area contributed by atoms with Gasteiger partial charge in [0.15, 0.2) is 5.16 Å². The van der Waals surface area contributed by atoms with Crippen molar-refractivity contribution in [3.63, 3.8) is 0 Å². The van der Waals surface area contributed by atoms with Crippen LogP contribution in [-0.4, -0.2) is 40.5 Å². The van der Waals surface area contributed by atoms with Crippen molar-refractivity contribution in [1.82, 2.24) is 14.9 Å². The van der Waals surface area contributed by atoms with Crippen LogP contribution in [0, 0.1) is 13.8 Å². The normalized spacial score (nSPS) is 17.2. The van der Waals surface area contributed by atoms with E-state index in [-0.39, 0.29) is 12.0 Å². The molecular formula is C18H23N3O2S. The highest BCUT2D eigenvalue weighted by molar-refractivity contribution is 7.99. The minimum absolute atomic E-state index is 0.0190. The summed E-state index contributed by atoms with van der Waals surface area (Å²) in [6.07, 6.45) is 5.99. The summed E-state index contributed by atoms with van der Waals surface area (Å²) < 4.78 is 7.54. The molecule has 0 bridgehead atoms. The zero-order chi connectivity index (χ0) is 16.9. The van der Waals surface area contributed by atoms with E-state index in [9.17, 15) is 4.79 Å². The highest BCUT2D eigenvalue weighted by Crippen LogP contribution is 2.22. The average molecular weight is 345 g/mol. The van der Waals surface area contributed by atoms with Crippen molar-refractivity contribution in [3.05, 3.63) is 41.7 Å². The lowest BCUT2D eigenvalue weighted by molar-refractivity contribution is -0.119. The lowest BCUT2D eigenvalue weighted by atomic mass is 10.1. The van der Waals surface area contributed by atoms with Crippen LogP contribution in [0.2, 0.25) is 0 Å². The van der Waals surface area contributed by atoms with Crippen LogP contribution in [0.5, 0.6) is 0 Å². The van der Waals surface area contributed by atoms with Crippen molar-refractivity contribution < 1.29 is 9.53 Å². The van der Waals surface area contributed by atoms with E-state index in [0.29, 0.717) is 12.3 Å². The van der Waals surface area contributed by atoms with Crippen molar-refractivity contribution >= 4 is 17.7 Å². The Morgan fingerprint density at radius 1 is 1.38 bits per heavy atom. The second-order valence-electron chi connectivity index (χ2n) is 6.15. The van der Waals surface area contributed by atoms with E-state index in [2.05, 4.69) is 42.3 Å². The second kappa shape index (κ2) is 7.85. The molecule has 24 heavy (non-hydrogen) atoms. The summed E-state index contributed by atoms with van der Waals surface area (Å²) >= 11 is 1.45. The Morgan fingerprint density at radius 2 is 2.17 bits per heavy atom. The fourth-order valence-corrected chi connectivity index (χ4v) is 3.70. The monoisotopic (exact) mass is 345 g/mol. The standard InChI is InChI=1S/C18H23N3O2S/c1-13-8-14(2)10-15(9-13)21-6-5-19-18(21)24-12-17(22)20-11-16-4-3-7-23-16/h5-6,8-10,16H,3-4,7,11-12H2,1-2H3,(H,20,22). The number of aryl methyl sites for hydroxylation is 2. The van der Waals surface area contributed by atoms with Gasteiger partial charge in [0.25, 0.3) is 0 Å². The number of amides is 1. The number of hydrogen-bond acceptors (Lipinski definition) is 4. The van der Waals surface area contributed by atoms with Gasteiger partial charge in [-0.15, -0.1) is 0 Å². The van der Waals surface area contributed by atoms with E-state index >= 15 is 0 Å². The molecule has 0 saturated carbocycles. The molecule has 128 valence electrons. The van der Waals surface area contributed by atoms with Gasteiger partial charge in [-0.2, -0.15) is 0 Å². The van der Waals surface area contributed by atoms with Gasteiger partial charge in [-0.1, -0.05) is 17.8 Å². The van der Waals surface area contributed by atoms with Gasteiger partial charge in [0.1, 0.15) is 0 Å². The maximum Gasteiger partial charge on any atom is 0.230 e. The summed E-state index contributed by atoms with van der Waals surface area (Å²) in [5, 5.41) is 3.77. The van der Waals surface area contributed by atoms with Crippen molar-refractivity contribution in [3.8, 4) is 5.69 Å². The molecule has 1 amide bonds. The number of nitrogens with one attached hydrogen (secondary N) is 1. The largest absolute Gasteiger partial charge is 0.376 e. The molecule has 1 saturated heterocycles. The number of nitrogens with zero attached hydrogens (tertiary/aromatic N) is 2. The molecule has 1 aromatic carbocycles. The van der Waals surface area contributed by atoms with E-state index in [1.807, 2.05) is 10.8 Å². The number of carbonyl (C=O) groups excluding carboxylic acids is 1. The molecule has 2 aromatic rings. The number of thioether (sulfide) groups is 1. The summed E-state index contributed by atoms with van der Waals surface area (Å²) in [6.45, 7) is 5.57. The third kappa shape index (κ3) is 4.39. The van der Waals surface area contributed by atoms with E-state index in [1.165, 1.54) is 22.9 Å². The zero-order valence-corrected chi connectivity index (χ0v) is 14.9. The Morgan fingerprint density at radius 3 is 2.88 bits per heavy atom. The third-order valence-electron chi connectivity index (χ3n) is 3.97. The molecule has 1 N–H and O–H groups in total. The van der Waals surface area contributed by atoms with E-state index in [4.69, 9.17) is 4.74 Å². The first-order valence-corrected chi connectivity index (χ1v) is 9.23. The lowest BCUT2D eigenvalue weighted by Crippen LogP contribution is -2.32. The van der Waals surface area contributed by atoms with Crippen molar-refractivity contribution in [2.75, 3.05) is 18.9 Å². The molecule has 0 spiro atoms. The molecule has 1 fully saturated rings. The Labute approximate surface area is 146 Å². The van der Waals surface area contributed by atoms with Crippen molar-refractivity contribution in [2.45, 2.75) is 37.9 Å². The van der Waals surface area contributed by atoms with Crippen LogP contribution in [-0.2, 0) is 9.53 Å². The number of aromatic nitrogens is 2. The van der Waals surface area contributed by atoms with Crippen LogP contribution in [0.1, 0.15) is 24.0 Å². The lowest BCUT2D eigenvalue weighted by Gasteiger charge is -2.11. The summed E-state index contributed by atoms with van der Waals surface area (Å²) in [5.74, 6) is 0.375. The molecule has 3 rings (SSSR count). The number of imidazole rings is 1. The Hall–Kier alpha value is -1.79. The third-order valence-corrected chi connectivity index (χ3v) is 4.94. The first kappa shape index (κ1) is 17.0. The number of hydrogen-bond donors (Lipinski definition) is 1. The van der Waals surface area contributed by atoms with Gasteiger partial charge >= 0.3 is 0 Å². The molecule has 1 aliphatic heterocycles. The molecule has 0 aliphatic carbocycles. The average Bonchev–Trinajstić information content (AvgIpc) is 3.21. The van der Waals surface area contributed by atoms with Gasteiger partial charge < -0.3 is 10.1 Å². The summed E-state index contributed by atoms with van der Waals surface area (Å²) in [6, 6.07) is 6.39. The smallest absolute Gasteiger partial charge is 0.230 e. The first-order chi connectivity index (χ1) is 11.6. The van der Waals surface area contributed by atoms with Gasteiger partial charge in [-0.3, -0.25) is 9.36 Å². The number of rotatable bonds is 6. The van der Waals surface area contributed by atoms with Crippen LogP contribution in [0.3, 0.4) is 0 Å². The minimum Gasteiger partial charge on any atom is -0.376 e. The van der Waals surface area contributed by atoms with Crippen LogP contribution in [0.4, 0.5) is 0 Å². The maximum atomic E-state index is 12.0. The minimum atomic E-state index is 0.0190. The summed E-state index contributed by atoms with van der Waals surface area (Å²) in [7, 11) is 0. The number of carbonyl (C=O) groups is 1. The van der Waals surface area contributed by atoms with Crippen molar-refractivity contribution in [1.29, 1.82) is 0 Å². The van der Waals surface area contributed by atoms with Crippen LogP contribution >= 0.6 is 11.8 Å². The molecule has 5 nitrogen and oxygen atoms in total. The molecule has 1 unspecified atom stereocenters. The van der Waals surface area contributed by atoms with Gasteiger partial charge in [-0.05, 0) is 49.9 Å². The number of benzene rings is 1. The molecule has 6 heteroatoms. The van der Waals surface area contributed by atoms with Crippen LogP contribution in [0.15, 0.2) is 35.7 Å². The molecule has 0 radical (unpaired) electrons. The Kier molecular flexibility index (Phi) is 5.58. The van der Waals surface area contributed by atoms with Gasteiger partial charge in [-0.25, -0.2) is 4.98 Å². The van der Waals surface area contributed by atoms with Gasteiger partial charge in [0.2, 0.25) is 5.91 Å². The van der Waals surface area contributed by atoms with Gasteiger partial charge in [0, 0.05) is 31.2 Å². The van der Waals surface area contributed by atoms with Crippen LogP contribution < -0.4 is 5.32 Å². The highest BCUT2D eigenvalue weighted by atomic mass is 32.2. The van der Waals surface area contributed by atoms with Gasteiger partial charge in [0.05, 0.1) is 11.9 Å². The molecule has 1 aromatic heterocycles. The fraction of sp³-hybridized carbons (Fsp3) is 0.444. The predicted molar refractivity (Wildman–Crippen MR) is 95.7 cm³/mol. The molecular weight excluding hydrogens is 322 g/mol. The molecule has 1 aliphatic rings. The zero-order valence-electron chi connectivity index (χ0n) is 14.1. The van der Waals surface area contributed by atoms with E-state index in [0.717, 1.165) is 30.3 Å². The quantitative estimate of drug-likeness (QED) is 0.818. The van der Waals surface area contributed by atoms with E-state index < -0.39 is 0 Å². The Balaban J connectivity index is 1.58. The maximum absolute atomic E-state index is 12.0.